The Kier molecular flexibility index (Phi) is 4.08. The van der Waals surface area contributed by atoms with Crippen LogP contribution < -0.4 is 5.14 Å². The first-order chi connectivity index (χ1) is 12.3. The van der Waals surface area contributed by atoms with Gasteiger partial charge in [-0.05, 0) is 60.1 Å². The van der Waals surface area contributed by atoms with Gasteiger partial charge in [-0.3, -0.25) is 10.1 Å². The summed E-state index contributed by atoms with van der Waals surface area (Å²) in [5.41, 5.74) is 3.04. The Hall–Kier alpha value is -2.25. The van der Waals surface area contributed by atoms with E-state index in [9.17, 15) is 18.5 Å². The number of nitro benzene ring substituents is 1. The minimum absolute atomic E-state index is 0.0523. The number of non-ortho nitro benzene ring substituents is 1. The number of nitrogens with two attached hydrogens (primary N) is 1. The van der Waals surface area contributed by atoms with Gasteiger partial charge < -0.3 is 0 Å². The summed E-state index contributed by atoms with van der Waals surface area (Å²) < 4.78 is 24.3. The van der Waals surface area contributed by atoms with E-state index >= 15 is 0 Å². The standard InChI is InChI=1S/C19H20N2O4S/c20-26(24,25)18-11-16(21(22)23)7-8-17(18)19-14-5-6-15(19)10-13-4-2-1-3-12(13)9-14/h1-4,7-8,11,14-15,19H,5-6,9-10H2,(H2,20,24,25). The Morgan fingerprint density at radius 3 is 2.08 bits per heavy atom. The molecule has 26 heavy (non-hydrogen) atoms. The number of hydrogen-bond acceptors (Lipinski definition) is 4. The molecule has 2 aliphatic rings. The molecule has 4 rings (SSSR count). The Morgan fingerprint density at radius 1 is 1.00 bits per heavy atom. The van der Waals surface area contributed by atoms with Crippen LogP contribution in [0, 0.1) is 22.0 Å². The minimum Gasteiger partial charge on any atom is -0.258 e. The topological polar surface area (TPSA) is 103 Å². The third-order valence-electron chi connectivity index (χ3n) is 5.88. The van der Waals surface area contributed by atoms with E-state index in [4.69, 9.17) is 5.14 Å². The van der Waals surface area contributed by atoms with Crippen LogP contribution in [-0.2, 0) is 22.9 Å². The van der Waals surface area contributed by atoms with Crippen LogP contribution in [0.3, 0.4) is 0 Å². The van der Waals surface area contributed by atoms with Crippen LogP contribution in [0.2, 0.25) is 0 Å². The molecule has 0 spiro atoms. The SMILES string of the molecule is NS(=O)(=O)c1cc([N+](=O)[O-])ccc1C1C2CCC1Cc1ccccc1C2. The fourth-order valence-corrected chi connectivity index (χ4v) is 5.63. The molecule has 2 N–H and O–H groups in total. The van der Waals surface area contributed by atoms with Crippen LogP contribution in [-0.4, -0.2) is 13.3 Å². The zero-order chi connectivity index (χ0) is 18.5. The molecule has 6 nitrogen and oxygen atoms in total. The quantitative estimate of drug-likeness (QED) is 0.660. The van der Waals surface area contributed by atoms with Crippen molar-refractivity contribution in [2.24, 2.45) is 17.0 Å². The Balaban J connectivity index is 1.82. The second-order valence-corrected chi connectivity index (χ2v) is 8.85. The summed E-state index contributed by atoms with van der Waals surface area (Å²) in [4.78, 5) is 10.4. The van der Waals surface area contributed by atoms with Gasteiger partial charge in [0.05, 0.1) is 9.82 Å². The number of nitrogens with zero attached hydrogens (tertiary/aromatic N) is 1. The molecule has 7 heteroatoms. The van der Waals surface area contributed by atoms with E-state index in [1.165, 1.54) is 17.2 Å². The molecule has 0 radical (unpaired) electrons. The number of fused-ring (bicyclic) bond motifs is 3. The number of benzene rings is 2. The molecule has 1 fully saturated rings. The highest BCUT2D eigenvalue weighted by molar-refractivity contribution is 7.89. The van der Waals surface area contributed by atoms with E-state index in [1.807, 2.05) is 12.1 Å². The predicted molar refractivity (Wildman–Crippen MR) is 97.3 cm³/mol. The van der Waals surface area contributed by atoms with Crippen molar-refractivity contribution in [2.75, 3.05) is 0 Å². The lowest BCUT2D eigenvalue weighted by atomic mass is 9.82. The van der Waals surface area contributed by atoms with Gasteiger partial charge in [0.2, 0.25) is 10.0 Å². The van der Waals surface area contributed by atoms with E-state index in [2.05, 4.69) is 12.1 Å². The summed E-state index contributed by atoms with van der Waals surface area (Å²) >= 11 is 0. The van der Waals surface area contributed by atoms with E-state index in [0.29, 0.717) is 17.4 Å². The molecule has 2 unspecified atom stereocenters. The lowest BCUT2D eigenvalue weighted by Crippen LogP contribution is -2.21. The zero-order valence-corrected chi connectivity index (χ0v) is 15.0. The minimum atomic E-state index is -4.04. The van der Waals surface area contributed by atoms with Gasteiger partial charge in [0.25, 0.3) is 5.69 Å². The van der Waals surface area contributed by atoms with Crippen LogP contribution in [0.5, 0.6) is 0 Å². The van der Waals surface area contributed by atoms with Crippen LogP contribution >= 0.6 is 0 Å². The van der Waals surface area contributed by atoms with Gasteiger partial charge in [0.1, 0.15) is 0 Å². The summed E-state index contributed by atoms with van der Waals surface area (Å²) in [5, 5.41) is 16.5. The van der Waals surface area contributed by atoms with Crippen molar-refractivity contribution in [1.29, 1.82) is 0 Å². The van der Waals surface area contributed by atoms with Crippen molar-refractivity contribution in [3.05, 3.63) is 69.3 Å². The summed E-state index contributed by atoms with van der Waals surface area (Å²) in [7, 11) is -4.04. The van der Waals surface area contributed by atoms with Crippen LogP contribution in [0.4, 0.5) is 5.69 Å². The van der Waals surface area contributed by atoms with Crippen LogP contribution in [0.15, 0.2) is 47.4 Å². The number of hydrogen-bond donors (Lipinski definition) is 1. The predicted octanol–water partition coefficient (Wildman–Crippen LogP) is 3.15. The molecule has 2 aromatic rings. The molecule has 2 atom stereocenters. The van der Waals surface area contributed by atoms with Gasteiger partial charge in [-0.25, -0.2) is 13.6 Å². The Bertz CT molecular complexity index is 954. The third kappa shape index (κ3) is 2.91. The van der Waals surface area contributed by atoms with Gasteiger partial charge >= 0.3 is 0 Å². The molecule has 136 valence electrons. The molecule has 0 saturated heterocycles. The fourth-order valence-electron chi connectivity index (χ4n) is 4.82. The van der Waals surface area contributed by atoms with E-state index in [0.717, 1.165) is 31.7 Å². The second-order valence-electron chi connectivity index (χ2n) is 7.32. The Labute approximate surface area is 152 Å². The molecular formula is C19H20N2O4S. The van der Waals surface area contributed by atoms with Crippen LogP contribution in [0.1, 0.15) is 35.4 Å². The van der Waals surface area contributed by atoms with E-state index in [-0.39, 0.29) is 16.5 Å². The Morgan fingerprint density at radius 2 is 1.58 bits per heavy atom. The zero-order valence-electron chi connectivity index (χ0n) is 14.2. The first-order valence-corrected chi connectivity index (χ1v) is 10.3. The average molecular weight is 372 g/mol. The smallest absolute Gasteiger partial charge is 0.258 e. The van der Waals surface area contributed by atoms with Crippen molar-refractivity contribution in [3.8, 4) is 0 Å². The third-order valence-corrected chi connectivity index (χ3v) is 6.85. The molecule has 2 aromatic carbocycles. The first kappa shape index (κ1) is 17.2. The van der Waals surface area contributed by atoms with Gasteiger partial charge in [-0.2, -0.15) is 0 Å². The molecule has 2 aliphatic carbocycles. The molecule has 1 saturated carbocycles. The number of sulfonamides is 1. The van der Waals surface area contributed by atoms with Gasteiger partial charge in [-0.15, -0.1) is 0 Å². The molecule has 2 bridgehead atoms. The van der Waals surface area contributed by atoms with Crippen LogP contribution in [0.25, 0.3) is 0 Å². The molecule has 0 aliphatic heterocycles. The first-order valence-electron chi connectivity index (χ1n) is 8.72. The van der Waals surface area contributed by atoms with Crippen molar-refractivity contribution in [3.63, 3.8) is 0 Å². The second kappa shape index (κ2) is 6.17. The van der Waals surface area contributed by atoms with Gasteiger partial charge in [-0.1, -0.05) is 30.3 Å². The largest absolute Gasteiger partial charge is 0.270 e. The van der Waals surface area contributed by atoms with Crippen molar-refractivity contribution >= 4 is 15.7 Å². The summed E-state index contributed by atoms with van der Waals surface area (Å²) in [6.07, 6.45) is 3.87. The fraction of sp³-hybridized carbons (Fsp3) is 0.368. The number of primary sulfonamides is 1. The highest BCUT2D eigenvalue weighted by atomic mass is 32.2. The van der Waals surface area contributed by atoms with E-state index in [1.54, 1.807) is 6.07 Å². The molecular weight excluding hydrogens is 352 g/mol. The highest BCUT2D eigenvalue weighted by Crippen LogP contribution is 2.51. The maximum Gasteiger partial charge on any atom is 0.270 e. The lowest BCUT2D eigenvalue weighted by Gasteiger charge is -2.24. The summed E-state index contributed by atoms with van der Waals surface area (Å²) in [5.74, 6) is 0.702. The lowest BCUT2D eigenvalue weighted by molar-refractivity contribution is -0.385. The molecule has 0 amide bonds. The highest BCUT2D eigenvalue weighted by Gasteiger charge is 2.41. The molecule has 0 heterocycles. The summed E-state index contributed by atoms with van der Waals surface area (Å²) in [6, 6.07) is 12.5. The molecule has 0 aromatic heterocycles. The maximum absolute atomic E-state index is 12.2. The average Bonchev–Trinajstić information content (AvgIpc) is 2.88. The number of rotatable bonds is 3. The summed E-state index contributed by atoms with van der Waals surface area (Å²) in [6.45, 7) is 0. The van der Waals surface area contributed by atoms with E-state index < -0.39 is 14.9 Å². The normalized spacial score (nSPS) is 24.7. The number of nitro groups is 1. The van der Waals surface area contributed by atoms with Gasteiger partial charge in [0, 0.05) is 12.1 Å². The van der Waals surface area contributed by atoms with Gasteiger partial charge in [0.15, 0.2) is 0 Å². The van der Waals surface area contributed by atoms with Crippen molar-refractivity contribution < 1.29 is 13.3 Å². The van der Waals surface area contributed by atoms with Crippen molar-refractivity contribution in [1.82, 2.24) is 0 Å². The van der Waals surface area contributed by atoms with Crippen molar-refractivity contribution in [2.45, 2.75) is 36.5 Å². The maximum atomic E-state index is 12.2. The monoisotopic (exact) mass is 372 g/mol.